The third-order valence-electron chi connectivity index (χ3n) is 5.02. The predicted molar refractivity (Wildman–Crippen MR) is 113 cm³/mol. The normalized spacial score (nSPS) is 11.0. The molecule has 0 fully saturated rings. The fourth-order valence-electron chi connectivity index (χ4n) is 3.34. The summed E-state index contributed by atoms with van der Waals surface area (Å²) in [6.07, 6.45) is 3.38. The molecular formula is C23H21FN4O2. The second-order valence-corrected chi connectivity index (χ2v) is 7.24. The number of carbonyl (C=O) groups is 1. The Kier molecular flexibility index (Phi) is 5.18. The zero-order chi connectivity index (χ0) is 21.3. The molecular weight excluding hydrogens is 383 g/mol. The molecule has 0 unspecified atom stereocenters. The molecule has 2 heterocycles. The van der Waals surface area contributed by atoms with Gasteiger partial charge in [-0.25, -0.2) is 8.91 Å². The Morgan fingerprint density at radius 2 is 1.83 bits per heavy atom. The van der Waals surface area contributed by atoms with Gasteiger partial charge in [-0.2, -0.15) is 5.10 Å². The monoisotopic (exact) mass is 404 g/mol. The van der Waals surface area contributed by atoms with Gasteiger partial charge in [0.2, 0.25) is 0 Å². The van der Waals surface area contributed by atoms with Crippen molar-refractivity contribution >= 4 is 11.4 Å². The minimum absolute atomic E-state index is 0.183. The fraction of sp³-hybridized carbons (Fsp3) is 0.174. The van der Waals surface area contributed by atoms with Gasteiger partial charge in [-0.05, 0) is 55.8 Å². The molecule has 4 aromatic rings. The first-order valence-electron chi connectivity index (χ1n) is 9.62. The van der Waals surface area contributed by atoms with E-state index in [-0.39, 0.29) is 18.0 Å². The summed E-state index contributed by atoms with van der Waals surface area (Å²) in [5.74, 6) is -0.710. The maximum Gasteiger partial charge on any atom is 0.276 e. The van der Waals surface area contributed by atoms with Gasteiger partial charge < -0.3 is 9.88 Å². The van der Waals surface area contributed by atoms with Crippen LogP contribution >= 0.6 is 0 Å². The maximum absolute atomic E-state index is 13.0. The summed E-state index contributed by atoms with van der Waals surface area (Å²) in [7, 11) is 0. The van der Waals surface area contributed by atoms with Gasteiger partial charge >= 0.3 is 0 Å². The Morgan fingerprint density at radius 1 is 1.07 bits per heavy atom. The first-order valence-corrected chi connectivity index (χ1v) is 9.62. The number of hydrogen-bond donors (Lipinski definition) is 1. The molecule has 7 heteroatoms. The van der Waals surface area contributed by atoms with Gasteiger partial charge in [0.05, 0.1) is 5.69 Å². The molecule has 0 saturated carbocycles. The molecule has 6 nitrogen and oxygen atoms in total. The molecule has 152 valence electrons. The average molecular weight is 404 g/mol. The summed E-state index contributed by atoms with van der Waals surface area (Å²) < 4.78 is 16.1. The maximum atomic E-state index is 13.0. The van der Waals surface area contributed by atoms with Crippen molar-refractivity contribution in [2.75, 3.05) is 6.54 Å². The third-order valence-corrected chi connectivity index (χ3v) is 5.02. The number of nitrogens with one attached hydrogen (secondary N) is 1. The summed E-state index contributed by atoms with van der Waals surface area (Å²) in [6.45, 7) is 4.61. The second kappa shape index (κ2) is 7.94. The first-order chi connectivity index (χ1) is 14.4. The highest BCUT2D eigenvalue weighted by atomic mass is 19.1. The Balaban J connectivity index is 1.52. The molecule has 0 bridgehead atoms. The molecule has 0 radical (unpaired) electrons. The van der Waals surface area contributed by atoms with Crippen LogP contribution in [0.15, 0.2) is 65.7 Å². The predicted octanol–water partition coefficient (Wildman–Crippen LogP) is 3.35. The van der Waals surface area contributed by atoms with Crippen molar-refractivity contribution in [2.24, 2.45) is 0 Å². The number of carbonyl (C=O) groups excluding carboxylic acids is 1. The molecule has 0 saturated heterocycles. The zero-order valence-electron chi connectivity index (χ0n) is 16.7. The van der Waals surface area contributed by atoms with Crippen molar-refractivity contribution in [2.45, 2.75) is 20.4 Å². The lowest BCUT2D eigenvalue weighted by atomic mass is 10.0. The van der Waals surface area contributed by atoms with Crippen LogP contribution in [0.2, 0.25) is 0 Å². The molecule has 0 spiro atoms. The van der Waals surface area contributed by atoms with Crippen molar-refractivity contribution in [1.29, 1.82) is 0 Å². The van der Waals surface area contributed by atoms with E-state index in [4.69, 9.17) is 0 Å². The minimum Gasteiger partial charge on any atom is -0.350 e. The average Bonchev–Trinajstić information content (AvgIpc) is 3.17. The summed E-state index contributed by atoms with van der Waals surface area (Å²) in [6, 6.07) is 13.2. The van der Waals surface area contributed by atoms with Gasteiger partial charge in [-0.1, -0.05) is 17.7 Å². The fourth-order valence-corrected chi connectivity index (χ4v) is 3.34. The Morgan fingerprint density at radius 3 is 2.60 bits per heavy atom. The number of aromatic nitrogens is 3. The number of fused-ring (bicyclic) bond motifs is 1. The standard InChI is InChI=1S/C23H21FN4O2/c1-15-3-4-16(2)19(13-15)20-14-21-23(30)27(11-12-28(21)26-20)10-9-25-22(29)17-5-7-18(24)8-6-17/h3-8,11-14H,9-10H2,1-2H3,(H,25,29). The van der Waals surface area contributed by atoms with Crippen LogP contribution in [0.4, 0.5) is 4.39 Å². The van der Waals surface area contributed by atoms with Crippen LogP contribution in [-0.4, -0.2) is 26.6 Å². The lowest BCUT2D eigenvalue weighted by molar-refractivity contribution is 0.0952. The van der Waals surface area contributed by atoms with E-state index in [2.05, 4.69) is 16.5 Å². The van der Waals surface area contributed by atoms with E-state index in [0.717, 1.165) is 22.4 Å². The quantitative estimate of drug-likeness (QED) is 0.555. The number of aryl methyl sites for hydroxylation is 2. The molecule has 2 aromatic carbocycles. The van der Waals surface area contributed by atoms with E-state index in [1.807, 2.05) is 26.0 Å². The summed E-state index contributed by atoms with van der Waals surface area (Å²) in [5, 5.41) is 7.29. The smallest absolute Gasteiger partial charge is 0.276 e. The number of hydrogen-bond acceptors (Lipinski definition) is 3. The molecule has 0 aliphatic heterocycles. The van der Waals surface area contributed by atoms with E-state index in [0.29, 0.717) is 17.6 Å². The summed E-state index contributed by atoms with van der Waals surface area (Å²) in [4.78, 5) is 25.0. The topological polar surface area (TPSA) is 68.4 Å². The number of amides is 1. The molecule has 1 N–H and O–H groups in total. The van der Waals surface area contributed by atoms with E-state index >= 15 is 0 Å². The van der Waals surface area contributed by atoms with E-state index in [1.165, 1.54) is 28.8 Å². The third kappa shape index (κ3) is 3.87. The second-order valence-electron chi connectivity index (χ2n) is 7.24. The molecule has 1 amide bonds. The molecule has 0 aliphatic carbocycles. The molecule has 30 heavy (non-hydrogen) atoms. The molecule has 2 aromatic heterocycles. The minimum atomic E-state index is -0.396. The first kappa shape index (κ1) is 19.6. The Labute approximate surface area is 172 Å². The van der Waals surface area contributed by atoms with Crippen LogP contribution in [0.3, 0.4) is 0 Å². The van der Waals surface area contributed by atoms with Crippen LogP contribution in [0.5, 0.6) is 0 Å². The van der Waals surface area contributed by atoms with Gasteiger partial charge in [0.15, 0.2) is 0 Å². The van der Waals surface area contributed by atoms with Gasteiger partial charge in [-0.3, -0.25) is 9.59 Å². The van der Waals surface area contributed by atoms with E-state index in [1.54, 1.807) is 23.0 Å². The lowest BCUT2D eigenvalue weighted by Crippen LogP contribution is -2.31. The van der Waals surface area contributed by atoms with Gasteiger partial charge in [0.1, 0.15) is 11.3 Å². The number of rotatable bonds is 5. The SMILES string of the molecule is Cc1ccc(C)c(-c2cc3c(=O)n(CCNC(=O)c4ccc(F)cc4)ccn3n2)c1. The lowest BCUT2D eigenvalue weighted by Gasteiger charge is -2.08. The highest BCUT2D eigenvalue weighted by molar-refractivity contribution is 5.94. The van der Waals surface area contributed by atoms with Crippen molar-refractivity contribution in [3.63, 3.8) is 0 Å². The van der Waals surface area contributed by atoms with Crippen molar-refractivity contribution < 1.29 is 9.18 Å². The van der Waals surface area contributed by atoms with Crippen molar-refractivity contribution in [1.82, 2.24) is 19.5 Å². The van der Waals surface area contributed by atoms with Gasteiger partial charge in [0.25, 0.3) is 11.5 Å². The van der Waals surface area contributed by atoms with Crippen LogP contribution in [0, 0.1) is 19.7 Å². The molecule has 0 atom stereocenters. The largest absolute Gasteiger partial charge is 0.350 e. The summed E-state index contributed by atoms with van der Waals surface area (Å²) >= 11 is 0. The number of nitrogens with zero attached hydrogens (tertiary/aromatic N) is 3. The highest BCUT2D eigenvalue weighted by Crippen LogP contribution is 2.23. The Hall–Kier alpha value is -3.74. The number of halogens is 1. The van der Waals surface area contributed by atoms with E-state index in [9.17, 15) is 14.0 Å². The van der Waals surface area contributed by atoms with Crippen molar-refractivity contribution in [3.8, 4) is 11.3 Å². The zero-order valence-corrected chi connectivity index (χ0v) is 16.7. The highest BCUT2D eigenvalue weighted by Gasteiger charge is 2.12. The van der Waals surface area contributed by atoms with Crippen LogP contribution < -0.4 is 10.9 Å². The van der Waals surface area contributed by atoms with Gasteiger partial charge in [-0.15, -0.1) is 0 Å². The van der Waals surface area contributed by atoms with Crippen LogP contribution in [-0.2, 0) is 6.54 Å². The van der Waals surface area contributed by atoms with E-state index < -0.39 is 5.82 Å². The van der Waals surface area contributed by atoms with Crippen LogP contribution in [0.25, 0.3) is 16.8 Å². The summed E-state index contributed by atoms with van der Waals surface area (Å²) in [5.41, 5.74) is 4.62. The van der Waals surface area contributed by atoms with Crippen LogP contribution in [0.1, 0.15) is 21.5 Å². The van der Waals surface area contributed by atoms with Crippen molar-refractivity contribution in [3.05, 3.63) is 93.8 Å². The molecule has 0 aliphatic rings. The molecule has 4 rings (SSSR count). The number of benzene rings is 2. The Bertz CT molecular complexity index is 1290. The van der Waals surface area contributed by atoms with Gasteiger partial charge in [0, 0.05) is 36.6 Å².